The number of aliphatic imine (C=N–C) groups is 3. The Balaban J connectivity index is 0.968. The average molecular weight is 964 g/mol. The summed E-state index contributed by atoms with van der Waals surface area (Å²) < 4.78 is 2.42. The predicted molar refractivity (Wildman–Crippen MR) is 307 cm³/mol. The summed E-state index contributed by atoms with van der Waals surface area (Å²) in [5.74, 6) is 3.58. The van der Waals surface area contributed by atoms with Gasteiger partial charge in [-0.05, 0) is 135 Å². The van der Waals surface area contributed by atoms with Crippen LogP contribution in [0.1, 0.15) is 52.3 Å². The normalized spacial score (nSPS) is 18.8. The molecule has 3 atom stereocenters. The van der Waals surface area contributed by atoms with Crippen molar-refractivity contribution in [1.82, 2.24) is 19.4 Å². The van der Waals surface area contributed by atoms with Gasteiger partial charge in [0.25, 0.3) is 0 Å². The Morgan fingerprint density at radius 2 is 1.15 bits per heavy atom. The molecule has 0 spiro atoms. The van der Waals surface area contributed by atoms with Crippen molar-refractivity contribution >= 4 is 45.5 Å². The first-order valence-corrected chi connectivity index (χ1v) is 26.0. The van der Waals surface area contributed by atoms with Gasteiger partial charge >= 0.3 is 0 Å². The Labute approximate surface area is 436 Å². The minimum Gasteiger partial charge on any atom is -0.322 e. The van der Waals surface area contributed by atoms with Gasteiger partial charge in [0, 0.05) is 28.0 Å². The number of amidine groups is 3. The molecule has 7 nitrogen and oxygen atoms in total. The van der Waals surface area contributed by atoms with Crippen LogP contribution in [0.15, 0.2) is 258 Å². The highest BCUT2D eigenvalue weighted by Gasteiger charge is 2.42. The van der Waals surface area contributed by atoms with Gasteiger partial charge in [-0.15, -0.1) is 0 Å². The summed E-state index contributed by atoms with van der Waals surface area (Å²) >= 11 is 0. The molecule has 2 aliphatic carbocycles. The van der Waals surface area contributed by atoms with Crippen molar-refractivity contribution in [2.75, 3.05) is 0 Å². The summed E-state index contributed by atoms with van der Waals surface area (Å²) in [7, 11) is 0. The SMILES string of the molecule is C=C1c2ccc(-c3ccccc3)cc2-c2nc3ccccc3n2C1c1cc(C2=Nc3ccc(-c4ccccc4)cc3CN2C2=CCCC=C2)cc(C2=Nc3ccc(-c4ccccc4)cc3C3=NC4C=CC=CC4N23)c1. The number of allylic oxidation sites excluding steroid dienone is 6. The van der Waals surface area contributed by atoms with Gasteiger partial charge in [0.05, 0.1) is 47.1 Å². The van der Waals surface area contributed by atoms with E-state index in [1.54, 1.807) is 0 Å². The van der Waals surface area contributed by atoms with Crippen molar-refractivity contribution in [3.05, 3.63) is 276 Å². The highest BCUT2D eigenvalue weighted by atomic mass is 15.3. The Morgan fingerprint density at radius 1 is 0.507 bits per heavy atom. The lowest BCUT2D eigenvalue weighted by molar-refractivity contribution is 0.510. The van der Waals surface area contributed by atoms with Crippen LogP contribution in [0.5, 0.6) is 0 Å². The summed E-state index contributed by atoms with van der Waals surface area (Å²) in [5.41, 5.74) is 20.3. The maximum absolute atomic E-state index is 5.70. The molecule has 0 amide bonds. The maximum atomic E-state index is 5.70. The molecule has 15 rings (SSSR count). The Kier molecular flexibility index (Phi) is 9.98. The van der Waals surface area contributed by atoms with Crippen LogP contribution < -0.4 is 0 Å². The predicted octanol–water partition coefficient (Wildman–Crippen LogP) is 15.5. The number of hydrogen-bond acceptors (Lipinski definition) is 6. The second kappa shape index (κ2) is 17.4. The van der Waals surface area contributed by atoms with Crippen LogP contribution in [0.25, 0.3) is 61.4 Å². The number of hydrogen-bond donors (Lipinski definition) is 0. The van der Waals surface area contributed by atoms with Crippen LogP contribution in [0.2, 0.25) is 0 Å². The zero-order valence-electron chi connectivity index (χ0n) is 41.1. The third kappa shape index (κ3) is 7.18. The lowest BCUT2D eigenvalue weighted by Crippen LogP contribution is -2.45. The van der Waals surface area contributed by atoms with Crippen molar-refractivity contribution in [3.63, 3.8) is 0 Å². The zero-order valence-corrected chi connectivity index (χ0v) is 41.1. The quantitative estimate of drug-likeness (QED) is 0.160. The second-order valence-electron chi connectivity index (χ2n) is 20.1. The summed E-state index contributed by atoms with van der Waals surface area (Å²) in [4.78, 5) is 27.2. The highest BCUT2D eigenvalue weighted by Crippen LogP contribution is 2.49. The Hall–Kier alpha value is -9.46. The smallest absolute Gasteiger partial charge is 0.142 e. The van der Waals surface area contributed by atoms with Crippen molar-refractivity contribution in [3.8, 4) is 44.8 Å². The van der Waals surface area contributed by atoms with Crippen LogP contribution in [0.4, 0.5) is 11.4 Å². The second-order valence-corrected chi connectivity index (χ2v) is 20.1. The Bertz CT molecular complexity index is 4070. The molecule has 3 unspecified atom stereocenters. The van der Waals surface area contributed by atoms with Crippen LogP contribution in [-0.4, -0.2) is 48.9 Å². The molecule has 7 heteroatoms. The van der Waals surface area contributed by atoms with E-state index >= 15 is 0 Å². The molecule has 8 aromatic carbocycles. The molecule has 0 bridgehead atoms. The molecule has 9 aromatic rings. The molecular formula is C68H49N7. The third-order valence-electron chi connectivity index (χ3n) is 15.6. The molecule has 0 fully saturated rings. The van der Waals surface area contributed by atoms with Gasteiger partial charge in [0.2, 0.25) is 0 Å². The fourth-order valence-corrected chi connectivity index (χ4v) is 12.0. The average Bonchev–Trinajstić information content (AvgIpc) is 4.08. The Morgan fingerprint density at radius 3 is 1.88 bits per heavy atom. The van der Waals surface area contributed by atoms with Gasteiger partial charge in [-0.25, -0.2) is 15.0 Å². The standard InChI is InChI=1S/C68H49N7/c1-43-55-33-30-48(45-20-8-3-9-21-45)40-56(55)67-71-60-26-14-16-28-62(60)74(67)64(43)50-37-51(65-69-58-34-31-47(44-18-6-2-7-19-44)36-53(58)42-73(65)54-24-12-5-13-25-54)39-52(38-50)66-70-59-35-32-49(46-22-10-4-11-23-46)41-57(59)68-72-61-27-15-17-29-63(61)75(66)68/h2-4,6-12,14-41,61,63-64H,1,5,13,42H2. The van der Waals surface area contributed by atoms with E-state index in [4.69, 9.17) is 26.5 Å². The van der Waals surface area contributed by atoms with Crippen molar-refractivity contribution < 1.29 is 0 Å². The van der Waals surface area contributed by atoms with E-state index in [9.17, 15) is 0 Å². The summed E-state index contributed by atoms with van der Waals surface area (Å²) in [6.07, 6.45) is 17.7. The van der Waals surface area contributed by atoms with E-state index in [2.05, 4.69) is 245 Å². The number of aromatic nitrogens is 2. The molecule has 0 saturated carbocycles. The maximum Gasteiger partial charge on any atom is 0.142 e. The number of para-hydroxylation sites is 2. The largest absolute Gasteiger partial charge is 0.322 e. The van der Waals surface area contributed by atoms with E-state index < -0.39 is 0 Å². The van der Waals surface area contributed by atoms with Crippen molar-refractivity contribution in [2.45, 2.75) is 37.5 Å². The number of benzene rings is 8. The zero-order chi connectivity index (χ0) is 49.6. The van der Waals surface area contributed by atoms with E-state index in [1.165, 1.54) is 16.7 Å². The lowest BCUT2D eigenvalue weighted by Gasteiger charge is -2.36. The molecule has 75 heavy (non-hydrogen) atoms. The van der Waals surface area contributed by atoms with Gasteiger partial charge in [-0.1, -0.05) is 170 Å². The highest BCUT2D eigenvalue weighted by molar-refractivity contribution is 6.22. The molecular weight excluding hydrogens is 915 g/mol. The molecule has 356 valence electrons. The van der Waals surface area contributed by atoms with Gasteiger partial charge in [0.1, 0.15) is 23.3 Å². The minimum absolute atomic E-state index is 0.0596. The summed E-state index contributed by atoms with van der Waals surface area (Å²) in [6.45, 7) is 5.69. The topological polar surface area (TPSA) is 61.4 Å². The van der Waals surface area contributed by atoms with Gasteiger partial charge in [0.15, 0.2) is 0 Å². The third-order valence-corrected chi connectivity index (χ3v) is 15.6. The number of imidazole rings is 1. The van der Waals surface area contributed by atoms with E-state index in [-0.39, 0.29) is 18.1 Å². The number of fused-ring (bicyclic) bond motifs is 11. The summed E-state index contributed by atoms with van der Waals surface area (Å²) in [5, 5.41) is 0. The molecule has 1 aromatic heterocycles. The first-order valence-electron chi connectivity index (χ1n) is 26.0. The fourth-order valence-electron chi connectivity index (χ4n) is 12.0. The van der Waals surface area contributed by atoms with Crippen molar-refractivity contribution in [1.29, 1.82) is 0 Å². The molecule has 0 radical (unpaired) electrons. The molecule has 0 N–H and O–H groups in total. The number of rotatable bonds is 7. The van der Waals surface area contributed by atoms with E-state index in [0.29, 0.717) is 6.54 Å². The first-order chi connectivity index (χ1) is 37.1. The van der Waals surface area contributed by atoms with E-state index in [1.807, 2.05) is 0 Å². The fraction of sp³-hybridized carbons (Fsp3) is 0.0882. The molecule has 5 heterocycles. The monoisotopic (exact) mass is 963 g/mol. The van der Waals surface area contributed by atoms with E-state index in [0.717, 1.165) is 125 Å². The summed E-state index contributed by atoms with van der Waals surface area (Å²) in [6, 6.07) is 67.0. The van der Waals surface area contributed by atoms with Crippen LogP contribution in [0, 0.1) is 0 Å². The minimum atomic E-state index is -0.324. The van der Waals surface area contributed by atoms with Crippen LogP contribution >= 0.6 is 0 Å². The van der Waals surface area contributed by atoms with Gasteiger partial charge in [-0.3, -0.25) is 4.99 Å². The lowest BCUT2D eigenvalue weighted by atomic mass is 9.84. The van der Waals surface area contributed by atoms with Crippen LogP contribution in [0.3, 0.4) is 0 Å². The molecule has 6 aliphatic rings. The molecule has 0 saturated heterocycles. The number of nitrogens with zero attached hydrogens (tertiary/aromatic N) is 7. The first kappa shape index (κ1) is 43.2. The van der Waals surface area contributed by atoms with Gasteiger partial charge < -0.3 is 14.4 Å². The van der Waals surface area contributed by atoms with Gasteiger partial charge in [-0.2, -0.15) is 0 Å². The van der Waals surface area contributed by atoms with Crippen molar-refractivity contribution in [2.24, 2.45) is 15.0 Å². The molecule has 4 aliphatic heterocycles. The van der Waals surface area contributed by atoms with Crippen LogP contribution in [-0.2, 0) is 6.54 Å².